The van der Waals surface area contributed by atoms with Gasteiger partial charge in [0, 0.05) is 17.9 Å². The van der Waals surface area contributed by atoms with Gasteiger partial charge in [0.2, 0.25) is 0 Å². The van der Waals surface area contributed by atoms with Crippen molar-refractivity contribution >= 4 is 27.6 Å². The Morgan fingerprint density at radius 3 is 2.52 bits per heavy atom. The van der Waals surface area contributed by atoms with Gasteiger partial charge in [-0.05, 0) is 35.7 Å². The number of hydrogen-bond acceptors (Lipinski definition) is 4. The summed E-state index contributed by atoms with van der Waals surface area (Å²) in [6, 6.07) is 19.4. The first-order chi connectivity index (χ1) is 11.2. The second-order valence-corrected chi connectivity index (χ2v) is 5.31. The van der Waals surface area contributed by atoms with Crippen LogP contribution in [-0.2, 0) is 4.79 Å². The van der Waals surface area contributed by atoms with Crippen LogP contribution in [0.5, 0.6) is 5.75 Å². The van der Waals surface area contributed by atoms with Gasteiger partial charge in [-0.25, -0.2) is 0 Å². The number of hydrogen-bond donors (Lipinski definition) is 0. The lowest BCUT2D eigenvalue weighted by Gasteiger charge is -2.02. The van der Waals surface area contributed by atoms with Gasteiger partial charge >= 0.3 is 5.97 Å². The van der Waals surface area contributed by atoms with E-state index in [1.807, 2.05) is 36.4 Å². The molecular formula is C19H13NO3. The van der Waals surface area contributed by atoms with Crippen molar-refractivity contribution in [2.24, 2.45) is 0 Å². The van der Waals surface area contributed by atoms with Crippen LogP contribution in [0, 0.1) is 0 Å². The summed E-state index contributed by atoms with van der Waals surface area (Å²) in [5, 5.41) is 7.39. The van der Waals surface area contributed by atoms with Gasteiger partial charge < -0.3 is 9.26 Å². The lowest BCUT2D eigenvalue weighted by Crippen LogP contribution is -2.00. The highest BCUT2D eigenvalue weighted by Gasteiger charge is 2.13. The van der Waals surface area contributed by atoms with Gasteiger partial charge in [0.1, 0.15) is 11.3 Å². The van der Waals surface area contributed by atoms with E-state index in [9.17, 15) is 4.79 Å². The van der Waals surface area contributed by atoms with Gasteiger partial charge in [-0.2, -0.15) is 0 Å². The highest BCUT2D eigenvalue weighted by molar-refractivity contribution is 6.08. The average molecular weight is 303 g/mol. The number of rotatable bonds is 2. The van der Waals surface area contributed by atoms with Crippen molar-refractivity contribution in [2.45, 2.75) is 6.92 Å². The summed E-state index contributed by atoms with van der Waals surface area (Å²) in [6.45, 7) is 1.38. The molecule has 4 aromatic rings. The number of esters is 1. The summed E-state index contributed by atoms with van der Waals surface area (Å²) in [5.41, 5.74) is 1.74. The van der Waals surface area contributed by atoms with E-state index in [0.717, 1.165) is 27.2 Å². The van der Waals surface area contributed by atoms with Crippen LogP contribution in [0.2, 0.25) is 0 Å². The van der Waals surface area contributed by atoms with Crippen LogP contribution in [0.25, 0.3) is 33.0 Å². The van der Waals surface area contributed by atoms with Crippen LogP contribution in [-0.4, -0.2) is 11.1 Å². The largest absolute Gasteiger partial charge is 0.427 e. The van der Waals surface area contributed by atoms with Crippen LogP contribution in [0.4, 0.5) is 0 Å². The quantitative estimate of drug-likeness (QED) is 0.402. The van der Waals surface area contributed by atoms with Gasteiger partial charge in [-0.15, -0.1) is 0 Å². The number of carbonyl (C=O) groups is 1. The fourth-order valence-corrected chi connectivity index (χ4v) is 2.73. The van der Waals surface area contributed by atoms with E-state index < -0.39 is 0 Å². The topological polar surface area (TPSA) is 52.3 Å². The van der Waals surface area contributed by atoms with Crippen LogP contribution >= 0.6 is 0 Å². The molecule has 4 heteroatoms. The van der Waals surface area contributed by atoms with Gasteiger partial charge in [0.25, 0.3) is 0 Å². The first-order valence-corrected chi connectivity index (χ1v) is 7.28. The summed E-state index contributed by atoms with van der Waals surface area (Å²) >= 11 is 0. The van der Waals surface area contributed by atoms with Gasteiger partial charge in [0.15, 0.2) is 5.76 Å². The Balaban J connectivity index is 1.83. The van der Waals surface area contributed by atoms with E-state index in [1.54, 1.807) is 12.1 Å². The minimum Gasteiger partial charge on any atom is -0.427 e. The summed E-state index contributed by atoms with van der Waals surface area (Å²) in [7, 11) is 0. The number of nitrogens with zero attached hydrogens (tertiary/aromatic N) is 1. The molecule has 0 aliphatic rings. The minimum atomic E-state index is -0.339. The molecule has 0 aliphatic heterocycles. The zero-order valence-electron chi connectivity index (χ0n) is 12.4. The number of fused-ring (bicyclic) bond motifs is 3. The fourth-order valence-electron chi connectivity index (χ4n) is 2.73. The lowest BCUT2D eigenvalue weighted by atomic mass is 10.0. The first-order valence-electron chi connectivity index (χ1n) is 7.28. The Morgan fingerprint density at radius 1 is 0.957 bits per heavy atom. The zero-order valence-corrected chi connectivity index (χ0v) is 12.4. The maximum absolute atomic E-state index is 11.0. The highest BCUT2D eigenvalue weighted by Crippen LogP contribution is 2.33. The molecule has 3 aromatic carbocycles. The molecule has 1 aromatic heterocycles. The molecule has 0 saturated heterocycles. The number of carbonyl (C=O) groups excluding carboxylic acids is 1. The van der Waals surface area contributed by atoms with Crippen molar-refractivity contribution in [1.29, 1.82) is 0 Å². The maximum atomic E-state index is 11.0. The zero-order chi connectivity index (χ0) is 15.8. The molecule has 4 nitrogen and oxygen atoms in total. The molecule has 0 unspecified atom stereocenters. The Labute approximate surface area is 132 Å². The van der Waals surface area contributed by atoms with Gasteiger partial charge in [0.05, 0.1) is 5.39 Å². The number of benzene rings is 3. The molecule has 0 amide bonds. The molecule has 112 valence electrons. The molecule has 0 bridgehead atoms. The molecule has 1 heterocycles. The van der Waals surface area contributed by atoms with Crippen molar-refractivity contribution in [2.75, 3.05) is 0 Å². The highest BCUT2D eigenvalue weighted by atomic mass is 16.5. The van der Waals surface area contributed by atoms with Gasteiger partial charge in [-0.1, -0.05) is 35.5 Å². The number of ether oxygens (including phenoxy) is 1. The summed E-state index contributed by atoms with van der Waals surface area (Å²) in [4.78, 5) is 11.0. The molecule has 4 rings (SSSR count). The van der Waals surface area contributed by atoms with Crippen molar-refractivity contribution in [3.8, 4) is 17.1 Å². The van der Waals surface area contributed by atoms with Crippen LogP contribution in [0.15, 0.2) is 65.2 Å². The molecule has 0 aliphatic carbocycles. The Bertz CT molecular complexity index is 1020. The average Bonchev–Trinajstić information content (AvgIpc) is 2.99. The number of aromatic nitrogens is 1. The Morgan fingerprint density at radius 2 is 1.74 bits per heavy atom. The van der Waals surface area contributed by atoms with Crippen molar-refractivity contribution in [1.82, 2.24) is 5.16 Å². The van der Waals surface area contributed by atoms with Crippen LogP contribution in [0.3, 0.4) is 0 Å². The molecule has 23 heavy (non-hydrogen) atoms. The molecule has 0 N–H and O–H groups in total. The van der Waals surface area contributed by atoms with E-state index in [4.69, 9.17) is 9.26 Å². The summed E-state index contributed by atoms with van der Waals surface area (Å²) in [5.74, 6) is 0.880. The van der Waals surface area contributed by atoms with E-state index in [2.05, 4.69) is 17.3 Å². The summed E-state index contributed by atoms with van der Waals surface area (Å²) < 4.78 is 10.6. The van der Waals surface area contributed by atoms with Crippen molar-refractivity contribution in [3.05, 3.63) is 60.7 Å². The summed E-state index contributed by atoms with van der Waals surface area (Å²) in [6.07, 6.45) is 0. The standard InChI is InChI=1S/C19H13NO3/c1-12(21)22-15-9-6-14(7-10-15)19-17-11-8-13-4-2-3-5-16(13)18(17)20-23-19/h2-11H,1H3. The molecule has 0 spiro atoms. The Hall–Kier alpha value is -3.14. The third-order valence-electron chi connectivity index (χ3n) is 3.75. The Kier molecular flexibility index (Phi) is 3.08. The lowest BCUT2D eigenvalue weighted by molar-refractivity contribution is -0.131. The van der Waals surface area contributed by atoms with Crippen LogP contribution < -0.4 is 4.74 Å². The third-order valence-corrected chi connectivity index (χ3v) is 3.75. The van der Waals surface area contributed by atoms with Crippen molar-refractivity contribution in [3.63, 3.8) is 0 Å². The molecule has 0 atom stereocenters. The van der Waals surface area contributed by atoms with E-state index in [1.165, 1.54) is 6.92 Å². The molecular weight excluding hydrogens is 290 g/mol. The van der Waals surface area contributed by atoms with Crippen LogP contribution in [0.1, 0.15) is 6.92 Å². The fraction of sp³-hybridized carbons (Fsp3) is 0.0526. The molecule has 0 fully saturated rings. The predicted octanol–water partition coefficient (Wildman–Crippen LogP) is 4.57. The predicted molar refractivity (Wildman–Crippen MR) is 88.3 cm³/mol. The van der Waals surface area contributed by atoms with E-state index >= 15 is 0 Å². The second-order valence-electron chi connectivity index (χ2n) is 5.31. The second kappa shape index (κ2) is 5.25. The molecule has 0 saturated carbocycles. The van der Waals surface area contributed by atoms with E-state index in [-0.39, 0.29) is 5.97 Å². The monoisotopic (exact) mass is 303 g/mol. The third kappa shape index (κ3) is 2.34. The molecule has 0 radical (unpaired) electrons. The van der Waals surface area contributed by atoms with Crippen molar-refractivity contribution < 1.29 is 14.1 Å². The SMILES string of the molecule is CC(=O)Oc1ccc(-c2onc3c2ccc2ccccc23)cc1. The maximum Gasteiger partial charge on any atom is 0.308 e. The van der Waals surface area contributed by atoms with Gasteiger partial charge in [-0.3, -0.25) is 4.79 Å². The minimum absolute atomic E-state index is 0.339. The first kappa shape index (κ1) is 13.5. The smallest absolute Gasteiger partial charge is 0.308 e. The van der Waals surface area contributed by atoms with E-state index in [0.29, 0.717) is 11.5 Å². The normalized spacial score (nSPS) is 11.0.